The van der Waals surface area contributed by atoms with Crippen molar-refractivity contribution in [2.75, 3.05) is 13.1 Å². The number of likely N-dealkylation sites (tertiary alicyclic amines) is 1. The molecule has 1 aliphatic rings. The molecule has 7 nitrogen and oxygen atoms in total. The highest BCUT2D eigenvalue weighted by atomic mass is 19.1. The topological polar surface area (TPSA) is 77.1 Å². The molecule has 8 heteroatoms. The molecule has 0 spiro atoms. The van der Waals surface area contributed by atoms with Crippen LogP contribution in [0, 0.1) is 5.82 Å². The third kappa shape index (κ3) is 3.96. The second-order valence-electron chi connectivity index (χ2n) is 7.57. The lowest BCUT2D eigenvalue weighted by atomic mass is 9.97. The highest BCUT2D eigenvalue weighted by molar-refractivity contribution is 5.94. The van der Waals surface area contributed by atoms with Gasteiger partial charge in [-0.25, -0.2) is 9.37 Å². The van der Waals surface area contributed by atoms with Gasteiger partial charge in [0.1, 0.15) is 5.82 Å². The number of aromatic nitrogens is 4. The van der Waals surface area contributed by atoms with Crippen molar-refractivity contribution < 1.29 is 13.7 Å². The molecule has 31 heavy (non-hydrogen) atoms. The molecule has 2 aromatic carbocycles. The molecule has 5 rings (SSSR count). The van der Waals surface area contributed by atoms with Gasteiger partial charge >= 0.3 is 0 Å². The van der Waals surface area contributed by atoms with Gasteiger partial charge < -0.3 is 14.0 Å². The number of halogens is 1. The van der Waals surface area contributed by atoms with E-state index in [0.717, 1.165) is 18.5 Å². The number of carbonyl (C=O) groups is 1. The van der Waals surface area contributed by atoms with Gasteiger partial charge in [-0.3, -0.25) is 4.79 Å². The van der Waals surface area contributed by atoms with Crippen molar-refractivity contribution in [1.82, 2.24) is 24.6 Å². The maximum atomic E-state index is 13.1. The Balaban J connectivity index is 1.29. The normalized spacial score (nSPS) is 16.4. The third-order valence-electron chi connectivity index (χ3n) is 5.52. The van der Waals surface area contributed by atoms with Crippen LogP contribution in [0.4, 0.5) is 4.39 Å². The fraction of sp³-hybridized carbons (Fsp3) is 0.217. The smallest absolute Gasteiger partial charge is 0.253 e. The number of amides is 1. The molecule has 1 atom stereocenters. The maximum Gasteiger partial charge on any atom is 0.253 e. The van der Waals surface area contributed by atoms with E-state index in [1.807, 2.05) is 39.9 Å². The molecule has 4 aromatic rings. The summed E-state index contributed by atoms with van der Waals surface area (Å²) in [6.07, 6.45) is 7.02. The molecule has 1 amide bonds. The van der Waals surface area contributed by atoms with Crippen molar-refractivity contribution in [3.8, 4) is 17.1 Å². The fourth-order valence-electron chi connectivity index (χ4n) is 3.85. The summed E-state index contributed by atoms with van der Waals surface area (Å²) in [5.74, 6) is 0.581. The van der Waals surface area contributed by atoms with Crippen LogP contribution in [0.1, 0.15) is 35.0 Å². The van der Waals surface area contributed by atoms with Gasteiger partial charge in [0.25, 0.3) is 5.91 Å². The van der Waals surface area contributed by atoms with E-state index in [9.17, 15) is 9.18 Å². The first-order valence-electron chi connectivity index (χ1n) is 10.1. The lowest BCUT2D eigenvalue weighted by molar-refractivity contribution is 0.0695. The first kappa shape index (κ1) is 19.2. The summed E-state index contributed by atoms with van der Waals surface area (Å²) in [5, 5.41) is 4.03. The van der Waals surface area contributed by atoms with Gasteiger partial charge in [-0.05, 0) is 61.4 Å². The zero-order valence-electron chi connectivity index (χ0n) is 16.7. The Kier molecular flexibility index (Phi) is 5.03. The summed E-state index contributed by atoms with van der Waals surface area (Å²) < 4.78 is 20.5. The highest BCUT2D eigenvalue weighted by Gasteiger charge is 2.29. The van der Waals surface area contributed by atoms with Crippen LogP contribution in [0.3, 0.4) is 0 Å². The molecule has 0 radical (unpaired) electrons. The van der Waals surface area contributed by atoms with E-state index < -0.39 is 0 Å². The van der Waals surface area contributed by atoms with Crippen molar-refractivity contribution in [1.29, 1.82) is 0 Å². The Morgan fingerprint density at radius 1 is 1.10 bits per heavy atom. The Morgan fingerprint density at radius 3 is 2.65 bits per heavy atom. The van der Waals surface area contributed by atoms with E-state index in [2.05, 4.69) is 15.1 Å². The zero-order valence-corrected chi connectivity index (χ0v) is 16.7. The number of rotatable bonds is 4. The summed E-state index contributed by atoms with van der Waals surface area (Å²) >= 11 is 0. The second-order valence-corrected chi connectivity index (χ2v) is 7.57. The Hall–Kier alpha value is -3.81. The van der Waals surface area contributed by atoms with Crippen molar-refractivity contribution >= 4 is 5.91 Å². The molecule has 0 saturated carbocycles. The van der Waals surface area contributed by atoms with E-state index in [4.69, 9.17) is 4.52 Å². The number of piperidine rings is 1. The molecular formula is C23H20FN5O2. The number of imidazole rings is 1. The Bertz CT molecular complexity index is 1170. The predicted molar refractivity (Wildman–Crippen MR) is 111 cm³/mol. The zero-order chi connectivity index (χ0) is 21.2. The van der Waals surface area contributed by atoms with Gasteiger partial charge in [0.2, 0.25) is 11.7 Å². The van der Waals surface area contributed by atoms with Crippen molar-refractivity contribution in [3.63, 3.8) is 0 Å². The molecule has 3 heterocycles. The maximum absolute atomic E-state index is 13.1. The van der Waals surface area contributed by atoms with Gasteiger partial charge in [-0.2, -0.15) is 4.98 Å². The highest BCUT2D eigenvalue weighted by Crippen LogP contribution is 2.28. The molecule has 156 valence electrons. The van der Waals surface area contributed by atoms with Crippen LogP contribution in [0.25, 0.3) is 17.1 Å². The van der Waals surface area contributed by atoms with Crippen molar-refractivity contribution in [2.24, 2.45) is 0 Å². The van der Waals surface area contributed by atoms with E-state index in [-0.39, 0.29) is 17.6 Å². The fourth-order valence-corrected chi connectivity index (χ4v) is 3.85. The van der Waals surface area contributed by atoms with Gasteiger partial charge in [0, 0.05) is 42.3 Å². The second kappa shape index (κ2) is 8.14. The number of benzene rings is 2. The van der Waals surface area contributed by atoms with Crippen LogP contribution in [-0.4, -0.2) is 43.6 Å². The van der Waals surface area contributed by atoms with Crippen LogP contribution < -0.4 is 0 Å². The number of hydrogen-bond donors (Lipinski definition) is 0. The van der Waals surface area contributed by atoms with E-state index >= 15 is 0 Å². The Morgan fingerprint density at radius 2 is 1.90 bits per heavy atom. The minimum atomic E-state index is -0.313. The van der Waals surface area contributed by atoms with Crippen LogP contribution in [0.5, 0.6) is 0 Å². The predicted octanol–water partition coefficient (Wildman–Crippen LogP) is 4.08. The van der Waals surface area contributed by atoms with E-state index in [0.29, 0.717) is 35.9 Å². The molecule has 0 aliphatic carbocycles. The van der Waals surface area contributed by atoms with Gasteiger partial charge in [-0.1, -0.05) is 5.16 Å². The molecule has 1 saturated heterocycles. The quantitative estimate of drug-likeness (QED) is 0.500. The van der Waals surface area contributed by atoms with Crippen LogP contribution in [0.15, 0.2) is 71.8 Å². The van der Waals surface area contributed by atoms with Crippen LogP contribution >= 0.6 is 0 Å². The molecule has 1 unspecified atom stereocenters. The number of carbonyl (C=O) groups excluding carboxylic acids is 1. The molecule has 1 aliphatic heterocycles. The first-order valence-corrected chi connectivity index (χ1v) is 10.1. The lowest BCUT2D eigenvalue weighted by Gasteiger charge is -2.31. The molecule has 0 bridgehead atoms. The largest absolute Gasteiger partial charge is 0.339 e. The number of nitrogens with zero attached hydrogens (tertiary/aromatic N) is 5. The summed E-state index contributed by atoms with van der Waals surface area (Å²) in [7, 11) is 0. The summed E-state index contributed by atoms with van der Waals surface area (Å²) in [6, 6.07) is 13.4. The number of hydrogen-bond acceptors (Lipinski definition) is 5. The van der Waals surface area contributed by atoms with Crippen molar-refractivity contribution in [3.05, 3.63) is 84.5 Å². The third-order valence-corrected chi connectivity index (χ3v) is 5.52. The standard InChI is InChI=1S/C23H20FN5O2/c24-19-7-3-16(4-8-19)21-26-22(31-27-21)18-2-1-12-28(14-18)23(30)17-5-9-20(10-6-17)29-13-11-25-15-29/h3-11,13,15,18H,1-2,12,14H2. The molecule has 2 aromatic heterocycles. The van der Waals surface area contributed by atoms with Crippen LogP contribution in [0.2, 0.25) is 0 Å². The van der Waals surface area contributed by atoms with E-state index in [1.165, 1.54) is 12.1 Å². The minimum Gasteiger partial charge on any atom is -0.339 e. The summed E-state index contributed by atoms with van der Waals surface area (Å²) in [6.45, 7) is 1.21. The van der Waals surface area contributed by atoms with Gasteiger partial charge in [0.15, 0.2) is 0 Å². The SMILES string of the molecule is O=C(c1ccc(-n2ccnc2)cc1)N1CCCC(c2nc(-c3ccc(F)cc3)no2)C1. The monoisotopic (exact) mass is 417 g/mol. The molecule has 0 N–H and O–H groups in total. The van der Waals surface area contributed by atoms with Gasteiger partial charge in [0.05, 0.1) is 12.2 Å². The minimum absolute atomic E-state index is 0.0137. The Labute approximate surface area is 178 Å². The van der Waals surface area contributed by atoms with Gasteiger partial charge in [-0.15, -0.1) is 0 Å². The summed E-state index contributed by atoms with van der Waals surface area (Å²) in [4.78, 5) is 23.4. The van der Waals surface area contributed by atoms with E-state index in [1.54, 1.807) is 24.7 Å². The van der Waals surface area contributed by atoms with Crippen molar-refractivity contribution in [2.45, 2.75) is 18.8 Å². The summed E-state index contributed by atoms with van der Waals surface area (Å²) in [5.41, 5.74) is 2.28. The molecule has 1 fully saturated rings. The average molecular weight is 417 g/mol. The lowest BCUT2D eigenvalue weighted by Crippen LogP contribution is -2.39. The average Bonchev–Trinajstić information content (AvgIpc) is 3.52. The molecular weight excluding hydrogens is 397 g/mol. The van der Waals surface area contributed by atoms with Crippen LogP contribution in [-0.2, 0) is 0 Å². The first-order chi connectivity index (χ1) is 15.2.